The van der Waals surface area contributed by atoms with Crippen molar-refractivity contribution in [2.24, 2.45) is 5.92 Å². The second kappa shape index (κ2) is 9.54. The van der Waals surface area contributed by atoms with Crippen molar-refractivity contribution in [2.45, 2.75) is 38.3 Å². The van der Waals surface area contributed by atoms with Crippen LogP contribution in [0.15, 0.2) is 53.3 Å². The number of aromatic nitrogens is 1. The maximum atomic E-state index is 13.3. The quantitative estimate of drug-likeness (QED) is 0.462. The summed E-state index contributed by atoms with van der Waals surface area (Å²) in [7, 11) is 0. The molecule has 0 spiro atoms. The van der Waals surface area contributed by atoms with Gasteiger partial charge in [-0.05, 0) is 49.4 Å². The summed E-state index contributed by atoms with van der Waals surface area (Å²) < 4.78 is 14.8. The molecule has 7 nitrogen and oxygen atoms in total. The van der Waals surface area contributed by atoms with E-state index in [4.69, 9.17) is 5.26 Å². The van der Waals surface area contributed by atoms with Crippen LogP contribution < -0.4 is 16.2 Å². The van der Waals surface area contributed by atoms with Gasteiger partial charge in [0.25, 0.3) is 5.56 Å². The van der Waals surface area contributed by atoms with Crippen LogP contribution in [0.1, 0.15) is 36.8 Å². The summed E-state index contributed by atoms with van der Waals surface area (Å²) in [5, 5.41) is 24.8. The highest BCUT2D eigenvalue weighted by atomic mass is 19.1. The number of para-hydroxylation sites is 1. The zero-order chi connectivity index (χ0) is 23.4. The second-order valence-electron chi connectivity index (χ2n) is 8.19. The van der Waals surface area contributed by atoms with E-state index in [-0.39, 0.29) is 35.8 Å². The lowest BCUT2D eigenvalue weighted by Crippen LogP contribution is -2.35. The number of rotatable bonds is 5. The Morgan fingerprint density at radius 3 is 2.42 bits per heavy atom. The van der Waals surface area contributed by atoms with E-state index < -0.39 is 5.56 Å². The van der Waals surface area contributed by atoms with E-state index in [0.717, 1.165) is 10.9 Å². The van der Waals surface area contributed by atoms with E-state index in [2.05, 4.69) is 16.7 Å². The summed E-state index contributed by atoms with van der Waals surface area (Å²) in [5.41, 5.74) is 1.54. The van der Waals surface area contributed by atoms with Gasteiger partial charge in [-0.25, -0.2) is 4.39 Å². The number of carbonyl (C=O) groups excluding carboxylic acids is 1. The van der Waals surface area contributed by atoms with Crippen molar-refractivity contribution in [3.8, 4) is 12.3 Å². The number of hydrogen-bond donors (Lipinski definition) is 2. The summed E-state index contributed by atoms with van der Waals surface area (Å²) in [6.07, 6.45) is 4.27. The van der Waals surface area contributed by atoms with Crippen LogP contribution in [0.4, 0.5) is 10.1 Å². The number of halogens is 1. The SMILES string of the molecule is N#CNC(=O)C1CCC(Nc2c(C#N)c(=O)n(Cc3ccc(F)cc3)c3ccccc23)CC1. The van der Waals surface area contributed by atoms with Crippen LogP contribution in [0, 0.1) is 34.5 Å². The van der Waals surface area contributed by atoms with Gasteiger partial charge in [-0.3, -0.25) is 14.9 Å². The number of benzene rings is 2. The number of carbonyl (C=O) groups is 1. The van der Waals surface area contributed by atoms with Gasteiger partial charge in [0.1, 0.15) is 17.4 Å². The van der Waals surface area contributed by atoms with Gasteiger partial charge in [0.15, 0.2) is 6.19 Å². The largest absolute Gasteiger partial charge is 0.381 e. The highest BCUT2D eigenvalue weighted by Gasteiger charge is 2.27. The molecule has 3 aromatic rings. The average molecular weight is 443 g/mol. The summed E-state index contributed by atoms with van der Waals surface area (Å²) in [6.45, 7) is 0.216. The standard InChI is InChI=1S/C25H22FN5O2/c26-18-9-5-16(6-10-18)14-31-22-4-2-1-3-20(22)23(21(13-27)25(31)33)30-19-11-7-17(8-12-19)24(32)29-15-28/h1-6,9-10,17,19,30H,7-8,11-12,14H2,(H,29,32). The van der Waals surface area contributed by atoms with Gasteiger partial charge in [-0.2, -0.15) is 10.5 Å². The molecule has 33 heavy (non-hydrogen) atoms. The van der Waals surface area contributed by atoms with Crippen molar-refractivity contribution in [2.75, 3.05) is 5.32 Å². The molecule has 0 atom stereocenters. The summed E-state index contributed by atoms with van der Waals surface area (Å²) >= 11 is 0. The Bertz CT molecular complexity index is 1330. The molecule has 4 rings (SSSR count). The van der Waals surface area contributed by atoms with Crippen molar-refractivity contribution in [1.82, 2.24) is 9.88 Å². The molecule has 8 heteroatoms. The van der Waals surface area contributed by atoms with E-state index >= 15 is 0 Å². The Kier molecular flexibility index (Phi) is 6.37. The van der Waals surface area contributed by atoms with Gasteiger partial charge in [-0.1, -0.05) is 30.3 Å². The first-order chi connectivity index (χ1) is 16.0. The highest BCUT2D eigenvalue weighted by Crippen LogP contribution is 2.31. The fourth-order valence-corrected chi connectivity index (χ4v) is 4.45. The van der Waals surface area contributed by atoms with Crippen LogP contribution in [0.25, 0.3) is 10.9 Å². The third-order valence-electron chi connectivity index (χ3n) is 6.16. The fourth-order valence-electron chi connectivity index (χ4n) is 4.45. The molecule has 0 aliphatic heterocycles. The minimum Gasteiger partial charge on any atom is -0.381 e. The van der Waals surface area contributed by atoms with Crippen LogP contribution in [0.2, 0.25) is 0 Å². The lowest BCUT2D eigenvalue weighted by Gasteiger charge is -2.29. The van der Waals surface area contributed by atoms with Gasteiger partial charge in [0, 0.05) is 17.3 Å². The first-order valence-corrected chi connectivity index (χ1v) is 10.8. The maximum Gasteiger partial charge on any atom is 0.271 e. The van der Waals surface area contributed by atoms with Gasteiger partial charge < -0.3 is 9.88 Å². The number of hydrogen-bond acceptors (Lipinski definition) is 5. The van der Waals surface area contributed by atoms with Crippen molar-refractivity contribution in [3.05, 3.63) is 75.8 Å². The van der Waals surface area contributed by atoms with Gasteiger partial charge >= 0.3 is 0 Å². The Morgan fingerprint density at radius 2 is 1.76 bits per heavy atom. The predicted octanol–water partition coefficient (Wildman–Crippen LogP) is 3.63. The van der Waals surface area contributed by atoms with Crippen LogP contribution in [0.5, 0.6) is 0 Å². The molecule has 0 unspecified atom stereocenters. The second-order valence-corrected chi connectivity index (χ2v) is 8.19. The molecule has 0 bridgehead atoms. The first-order valence-electron chi connectivity index (χ1n) is 10.8. The molecule has 166 valence electrons. The molecule has 2 aromatic carbocycles. The average Bonchev–Trinajstić information content (AvgIpc) is 2.83. The smallest absolute Gasteiger partial charge is 0.271 e. The van der Waals surface area contributed by atoms with Gasteiger partial charge in [-0.15, -0.1) is 0 Å². The van der Waals surface area contributed by atoms with Crippen LogP contribution in [0.3, 0.4) is 0 Å². The zero-order valence-electron chi connectivity index (χ0n) is 17.8. The number of nitriles is 2. The molecule has 0 saturated heterocycles. The van der Waals surface area contributed by atoms with Crippen LogP contribution in [-0.2, 0) is 11.3 Å². The molecule has 1 aromatic heterocycles. The number of pyridine rings is 1. The van der Waals surface area contributed by atoms with E-state index in [1.807, 2.05) is 24.3 Å². The zero-order valence-corrected chi connectivity index (χ0v) is 17.8. The Balaban J connectivity index is 1.67. The minimum atomic E-state index is -0.412. The molecule has 1 saturated carbocycles. The van der Waals surface area contributed by atoms with Crippen molar-refractivity contribution >= 4 is 22.5 Å². The first kappa shape index (κ1) is 22.0. The molecular weight excluding hydrogens is 421 g/mol. The summed E-state index contributed by atoms with van der Waals surface area (Å²) in [5.74, 6) is -0.825. The normalized spacial score (nSPS) is 17.7. The number of nitrogens with one attached hydrogen (secondary N) is 2. The predicted molar refractivity (Wildman–Crippen MR) is 122 cm³/mol. The van der Waals surface area contributed by atoms with Crippen LogP contribution in [-0.4, -0.2) is 16.5 Å². The molecule has 2 N–H and O–H groups in total. The number of anilines is 1. The molecule has 1 fully saturated rings. The number of amides is 1. The lowest BCUT2D eigenvalue weighted by atomic mass is 9.85. The molecule has 1 amide bonds. The molecular formula is C25H22FN5O2. The molecule has 0 radical (unpaired) electrons. The van der Waals surface area contributed by atoms with Crippen molar-refractivity contribution < 1.29 is 9.18 Å². The monoisotopic (exact) mass is 443 g/mol. The third-order valence-corrected chi connectivity index (χ3v) is 6.16. The maximum absolute atomic E-state index is 13.3. The Hall–Kier alpha value is -4.17. The minimum absolute atomic E-state index is 0.000935. The summed E-state index contributed by atoms with van der Waals surface area (Å²) in [6, 6.07) is 15.4. The number of fused-ring (bicyclic) bond motifs is 1. The van der Waals surface area contributed by atoms with Gasteiger partial charge in [0.2, 0.25) is 5.91 Å². The van der Waals surface area contributed by atoms with Gasteiger partial charge in [0.05, 0.1) is 17.7 Å². The fraction of sp³-hybridized carbons (Fsp3) is 0.280. The topological polar surface area (TPSA) is 111 Å². The van der Waals surface area contributed by atoms with Crippen LogP contribution >= 0.6 is 0 Å². The van der Waals surface area contributed by atoms with Crippen molar-refractivity contribution in [1.29, 1.82) is 10.5 Å². The Labute approximate surface area is 190 Å². The van der Waals surface area contributed by atoms with E-state index in [1.54, 1.807) is 18.3 Å². The van der Waals surface area contributed by atoms with E-state index in [0.29, 0.717) is 36.9 Å². The summed E-state index contributed by atoms with van der Waals surface area (Å²) in [4.78, 5) is 25.2. The number of nitrogens with zero attached hydrogens (tertiary/aromatic N) is 3. The molecule has 1 heterocycles. The van der Waals surface area contributed by atoms with Crippen molar-refractivity contribution in [3.63, 3.8) is 0 Å². The Morgan fingerprint density at radius 1 is 1.06 bits per heavy atom. The third kappa shape index (κ3) is 4.56. The lowest BCUT2D eigenvalue weighted by molar-refractivity contribution is -0.124. The molecule has 1 aliphatic rings. The molecule has 1 aliphatic carbocycles. The highest BCUT2D eigenvalue weighted by molar-refractivity contribution is 5.94. The van der Waals surface area contributed by atoms with E-state index in [1.165, 1.54) is 16.7 Å². The van der Waals surface area contributed by atoms with E-state index in [9.17, 15) is 19.2 Å².